The minimum absolute atomic E-state index is 0.888. The molecule has 15 heavy (non-hydrogen) atoms. The molecule has 0 unspecified atom stereocenters. The van der Waals surface area contributed by atoms with Crippen LogP contribution >= 0.6 is 11.3 Å². The number of aromatic nitrogens is 1. The topological polar surface area (TPSA) is 38.1 Å². The minimum atomic E-state index is 0.888. The Kier molecular flexibility index (Phi) is 3.18. The van der Waals surface area contributed by atoms with E-state index in [0.29, 0.717) is 0 Å². The third-order valence-corrected chi connectivity index (χ3v) is 3.37. The van der Waals surface area contributed by atoms with E-state index in [0.717, 1.165) is 23.5 Å². The lowest BCUT2D eigenvalue weighted by Crippen LogP contribution is -2.05. The Bertz CT molecular complexity index is 420. The molecule has 2 rings (SSSR count). The molecule has 0 aliphatic carbocycles. The van der Waals surface area contributed by atoms with Crippen LogP contribution in [0.5, 0.6) is 0 Å². The van der Waals surface area contributed by atoms with E-state index in [9.17, 15) is 0 Å². The molecule has 0 amide bonds. The van der Waals surface area contributed by atoms with E-state index in [2.05, 4.69) is 17.2 Å². The van der Waals surface area contributed by atoms with Crippen LogP contribution in [0, 0.1) is 0 Å². The number of aryl methyl sites for hydroxylation is 1. The zero-order valence-electron chi connectivity index (χ0n) is 8.91. The van der Waals surface area contributed by atoms with E-state index in [1.165, 1.54) is 10.6 Å². The number of nitrogens with one attached hydrogen (secondary N) is 1. The van der Waals surface area contributed by atoms with Gasteiger partial charge in [-0.1, -0.05) is 6.92 Å². The van der Waals surface area contributed by atoms with Gasteiger partial charge in [0.1, 0.15) is 11.3 Å². The van der Waals surface area contributed by atoms with Crippen LogP contribution in [0.1, 0.15) is 17.5 Å². The molecular formula is C11H14N2OS. The fourth-order valence-electron chi connectivity index (χ4n) is 1.47. The van der Waals surface area contributed by atoms with Crippen LogP contribution in [0.25, 0.3) is 10.6 Å². The van der Waals surface area contributed by atoms with E-state index in [4.69, 9.17) is 4.42 Å². The molecule has 0 aliphatic heterocycles. The highest BCUT2D eigenvalue weighted by Gasteiger charge is 2.10. The summed E-state index contributed by atoms with van der Waals surface area (Å²) in [6.45, 7) is 3.02. The molecule has 2 aromatic rings. The monoisotopic (exact) mass is 222 g/mol. The molecule has 0 spiro atoms. The molecule has 0 radical (unpaired) electrons. The smallest absolute Gasteiger partial charge is 0.127 e. The molecule has 2 heterocycles. The van der Waals surface area contributed by atoms with E-state index >= 15 is 0 Å². The Labute approximate surface area is 93.2 Å². The maximum Gasteiger partial charge on any atom is 0.127 e. The fourth-order valence-corrected chi connectivity index (χ4v) is 2.62. The van der Waals surface area contributed by atoms with Crippen molar-refractivity contribution in [2.75, 3.05) is 7.05 Å². The van der Waals surface area contributed by atoms with Crippen molar-refractivity contribution in [2.24, 2.45) is 0 Å². The normalized spacial score (nSPS) is 10.8. The van der Waals surface area contributed by atoms with E-state index < -0.39 is 0 Å². The molecule has 3 nitrogen and oxygen atoms in total. The molecule has 1 N–H and O–H groups in total. The number of hydrogen-bond donors (Lipinski definition) is 1. The van der Waals surface area contributed by atoms with Crippen molar-refractivity contribution in [3.63, 3.8) is 0 Å². The van der Waals surface area contributed by atoms with Crippen molar-refractivity contribution in [1.29, 1.82) is 0 Å². The molecule has 0 bridgehead atoms. The summed E-state index contributed by atoms with van der Waals surface area (Å²) in [6, 6.07) is 1.95. The van der Waals surface area contributed by atoms with Gasteiger partial charge in [-0.25, -0.2) is 4.98 Å². The Morgan fingerprint density at radius 2 is 2.40 bits per heavy atom. The van der Waals surface area contributed by atoms with Gasteiger partial charge >= 0.3 is 0 Å². The van der Waals surface area contributed by atoms with Gasteiger partial charge in [-0.2, -0.15) is 0 Å². The molecule has 0 fully saturated rings. The summed E-state index contributed by atoms with van der Waals surface area (Å²) in [6.07, 6.45) is 4.40. The predicted octanol–water partition coefficient (Wildman–Crippen LogP) is 2.68. The summed E-state index contributed by atoms with van der Waals surface area (Å²) in [5.74, 6) is 0. The first-order chi connectivity index (χ1) is 7.35. The molecule has 4 heteroatoms. The van der Waals surface area contributed by atoms with Crippen LogP contribution in [0.15, 0.2) is 23.0 Å². The van der Waals surface area contributed by atoms with Gasteiger partial charge in [0.05, 0.1) is 12.0 Å². The predicted molar refractivity (Wildman–Crippen MR) is 62.0 cm³/mol. The Morgan fingerprint density at radius 3 is 3.00 bits per heavy atom. The third-order valence-electron chi connectivity index (χ3n) is 2.22. The second kappa shape index (κ2) is 4.59. The number of rotatable bonds is 4. The standard InChI is InChI=1S/C11H14N2OS/c1-3-9-10(6-12-2)15-11(13-9)8-4-5-14-7-8/h4-5,7,12H,3,6H2,1-2H3. The first-order valence-electron chi connectivity index (χ1n) is 5.01. The van der Waals surface area contributed by atoms with Crippen LogP contribution in [0.3, 0.4) is 0 Å². The van der Waals surface area contributed by atoms with Gasteiger partial charge in [-0.15, -0.1) is 11.3 Å². The zero-order chi connectivity index (χ0) is 10.7. The largest absolute Gasteiger partial charge is 0.472 e. The van der Waals surface area contributed by atoms with Crippen molar-refractivity contribution in [3.05, 3.63) is 29.2 Å². The summed E-state index contributed by atoms with van der Waals surface area (Å²) in [5.41, 5.74) is 2.25. The summed E-state index contributed by atoms with van der Waals surface area (Å²) in [5, 5.41) is 4.21. The van der Waals surface area contributed by atoms with Crippen molar-refractivity contribution in [2.45, 2.75) is 19.9 Å². The first-order valence-corrected chi connectivity index (χ1v) is 5.82. The lowest BCUT2D eigenvalue weighted by molar-refractivity contribution is 0.568. The molecule has 80 valence electrons. The molecule has 0 aromatic carbocycles. The Balaban J connectivity index is 2.34. The Hall–Kier alpha value is -1.13. The van der Waals surface area contributed by atoms with Crippen LogP contribution in [0.2, 0.25) is 0 Å². The lowest BCUT2D eigenvalue weighted by Gasteiger charge is -1.96. The third kappa shape index (κ3) is 2.11. The van der Waals surface area contributed by atoms with E-state index in [1.807, 2.05) is 13.1 Å². The molecule has 0 saturated carbocycles. The van der Waals surface area contributed by atoms with Gasteiger partial charge in [-0.3, -0.25) is 0 Å². The fraction of sp³-hybridized carbons (Fsp3) is 0.364. The summed E-state index contributed by atoms with van der Waals surface area (Å²) in [7, 11) is 1.96. The molecular weight excluding hydrogens is 208 g/mol. The van der Waals surface area contributed by atoms with Gasteiger partial charge in [0.2, 0.25) is 0 Å². The highest BCUT2D eigenvalue weighted by atomic mass is 32.1. The van der Waals surface area contributed by atoms with Crippen LogP contribution in [0.4, 0.5) is 0 Å². The van der Waals surface area contributed by atoms with Gasteiger partial charge in [0, 0.05) is 17.0 Å². The van der Waals surface area contributed by atoms with E-state index in [1.54, 1.807) is 23.9 Å². The summed E-state index contributed by atoms with van der Waals surface area (Å²) >= 11 is 1.73. The van der Waals surface area contributed by atoms with Crippen molar-refractivity contribution < 1.29 is 4.42 Å². The van der Waals surface area contributed by atoms with Gasteiger partial charge in [0.15, 0.2) is 0 Å². The van der Waals surface area contributed by atoms with Gasteiger partial charge < -0.3 is 9.73 Å². The lowest BCUT2D eigenvalue weighted by atomic mass is 10.3. The van der Waals surface area contributed by atoms with E-state index in [-0.39, 0.29) is 0 Å². The average Bonchev–Trinajstić information content (AvgIpc) is 2.84. The quantitative estimate of drug-likeness (QED) is 0.864. The number of hydrogen-bond acceptors (Lipinski definition) is 4. The van der Waals surface area contributed by atoms with Gasteiger partial charge in [-0.05, 0) is 19.5 Å². The van der Waals surface area contributed by atoms with Crippen LogP contribution in [-0.4, -0.2) is 12.0 Å². The summed E-state index contributed by atoms with van der Waals surface area (Å²) < 4.78 is 5.06. The first kappa shape index (κ1) is 10.4. The Morgan fingerprint density at radius 1 is 1.53 bits per heavy atom. The maximum absolute atomic E-state index is 5.06. The van der Waals surface area contributed by atoms with Crippen LogP contribution < -0.4 is 5.32 Å². The minimum Gasteiger partial charge on any atom is -0.472 e. The zero-order valence-corrected chi connectivity index (χ0v) is 9.73. The SMILES string of the molecule is CCc1nc(-c2ccoc2)sc1CNC. The van der Waals surface area contributed by atoms with Gasteiger partial charge in [0.25, 0.3) is 0 Å². The molecule has 2 aromatic heterocycles. The number of furan rings is 1. The highest BCUT2D eigenvalue weighted by molar-refractivity contribution is 7.15. The number of thiazole rings is 1. The molecule has 0 aliphatic rings. The highest BCUT2D eigenvalue weighted by Crippen LogP contribution is 2.28. The molecule has 0 saturated heterocycles. The van der Waals surface area contributed by atoms with Crippen molar-refractivity contribution >= 4 is 11.3 Å². The number of nitrogens with zero attached hydrogens (tertiary/aromatic N) is 1. The molecule has 0 atom stereocenters. The second-order valence-electron chi connectivity index (χ2n) is 3.28. The van der Waals surface area contributed by atoms with Crippen LogP contribution in [-0.2, 0) is 13.0 Å². The summed E-state index contributed by atoms with van der Waals surface area (Å²) in [4.78, 5) is 5.92. The average molecular weight is 222 g/mol. The van der Waals surface area contributed by atoms with Crippen molar-refractivity contribution in [1.82, 2.24) is 10.3 Å². The second-order valence-corrected chi connectivity index (χ2v) is 4.37. The van der Waals surface area contributed by atoms with Crippen molar-refractivity contribution in [3.8, 4) is 10.6 Å². The maximum atomic E-state index is 5.06.